The van der Waals surface area contributed by atoms with Crippen molar-refractivity contribution < 1.29 is 9.32 Å². The fourth-order valence-electron chi connectivity index (χ4n) is 3.97. The Balaban J connectivity index is 1.14. The van der Waals surface area contributed by atoms with Crippen LogP contribution >= 0.6 is 23.4 Å². The Hall–Kier alpha value is -2.35. The molecule has 4 rings (SSSR count). The van der Waals surface area contributed by atoms with Crippen LogP contribution in [0.25, 0.3) is 11.4 Å². The highest BCUT2D eigenvalue weighted by atomic mass is 35.5. The zero-order valence-corrected chi connectivity index (χ0v) is 20.4. The number of nitrogens with one attached hydrogen (secondary N) is 1. The summed E-state index contributed by atoms with van der Waals surface area (Å²) in [5.41, 5.74) is 3.34. The summed E-state index contributed by atoms with van der Waals surface area (Å²) in [7, 11) is 0. The average Bonchev–Trinajstić information content (AvgIpc) is 3.28. The van der Waals surface area contributed by atoms with Crippen molar-refractivity contribution in [2.24, 2.45) is 5.92 Å². The number of aryl methyl sites for hydroxylation is 1. The van der Waals surface area contributed by atoms with Gasteiger partial charge in [-0.3, -0.25) is 9.69 Å². The van der Waals surface area contributed by atoms with Gasteiger partial charge in [0, 0.05) is 34.6 Å². The standard InChI is InChI=1S/C25H29ClN4O2S/c1-18-4-2-6-21(14-18)24-28-23(32-29-24)16-30-11-8-20(9-12-30)25(31)27-10-13-33-17-19-5-3-7-22(26)15-19/h2-7,14-15,20H,8-13,16-17H2,1H3,(H,27,31). The van der Waals surface area contributed by atoms with E-state index in [-0.39, 0.29) is 11.8 Å². The van der Waals surface area contributed by atoms with E-state index in [1.165, 1.54) is 11.1 Å². The zero-order valence-electron chi connectivity index (χ0n) is 18.8. The SMILES string of the molecule is Cc1cccc(-c2noc(CN3CCC(C(=O)NCCSCc4cccc(Cl)c4)CC3)n2)c1. The number of piperidine rings is 1. The smallest absolute Gasteiger partial charge is 0.241 e. The van der Waals surface area contributed by atoms with E-state index in [4.69, 9.17) is 16.1 Å². The molecule has 1 aromatic heterocycles. The highest BCUT2D eigenvalue weighted by Gasteiger charge is 2.25. The van der Waals surface area contributed by atoms with Crippen LogP contribution in [0.1, 0.15) is 29.9 Å². The van der Waals surface area contributed by atoms with Gasteiger partial charge in [-0.2, -0.15) is 16.7 Å². The second-order valence-electron chi connectivity index (χ2n) is 8.41. The Morgan fingerprint density at radius 1 is 1.21 bits per heavy atom. The molecular formula is C25H29ClN4O2S. The van der Waals surface area contributed by atoms with Crippen LogP contribution < -0.4 is 5.32 Å². The van der Waals surface area contributed by atoms with Crippen LogP contribution in [0.15, 0.2) is 53.1 Å². The molecule has 1 N–H and O–H groups in total. The maximum Gasteiger partial charge on any atom is 0.241 e. The van der Waals surface area contributed by atoms with Crippen LogP contribution in [-0.4, -0.2) is 46.3 Å². The van der Waals surface area contributed by atoms with Gasteiger partial charge >= 0.3 is 0 Å². The summed E-state index contributed by atoms with van der Waals surface area (Å²) in [6.45, 7) is 5.06. The third kappa shape index (κ3) is 7.06. The van der Waals surface area contributed by atoms with Crippen molar-refractivity contribution in [1.82, 2.24) is 20.4 Å². The van der Waals surface area contributed by atoms with Gasteiger partial charge in [0.2, 0.25) is 17.6 Å². The number of aromatic nitrogens is 2. The summed E-state index contributed by atoms with van der Waals surface area (Å²) in [6.07, 6.45) is 1.70. The van der Waals surface area contributed by atoms with Crippen molar-refractivity contribution in [2.75, 3.05) is 25.4 Å². The van der Waals surface area contributed by atoms with Gasteiger partial charge in [-0.25, -0.2) is 0 Å². The molecule has 1 aliphatic heterocycles. The molecular weight excluding hydrogens is 456 g/mol. The lowest BCUT2D eigenvalue weighted by Crippen LogP contribution is -2.40. The van der Waals surface area contributed by atoms with Crippen molar-refractivity contribution in [3.8, 4) is 11.4 Å². The Labute approximate surface area is 204 Å². The first kappa shape index (κ1) is 23.8. The van der Waals surface area contributed by atoms with Crippen molar-refractivity contribution in [3.63, 3.8) is 0 Å². The Morgan fingerprint density at radius 3 is 2.82 bits per heavy atom. The quantitative estimate of drug-likeness (QED) is 0.433. The predicted octanol–water partition coefficient (Wildman–Crippen LogP) is 4.96. The van der Waals surface area contributed by atoms with Crippen molar-refractivity contribution >= 4 is 29.3 Å². The van der Waals surface area contributed by atoms with Crippen LogP contribution in [-0.2, 0) is 17.1 Å². The largest absolute Gasteiger partial charge is 0.355 e. The molecule has 0 spiro atoms. The summed E-state index contributed by atoms with van der Waals surface area (Å²) in [5, 5.41) is 7.98. The second kappa shape index (κ2) is 11.7. The molecule has 0 unspecified atom stereocenters. The fraction of sp³-hybridized carbons (Fsp3) is 0.400. The molecule has 1 saturated heterocycles. The Morgan fingerprint density at radius 2 is 2.03 bits per heavy atom. The number of thioether (sulfide) groups is 1. The molecule has 6 nitrogen and oxygen atoms in total. The molecule has 0 bridgehead atoms. The first-order chi connectivity index (χ1) is 16.1. The van der Waals surface area contributed by atoms with E-state index in [1.54, 1.807) is 11.8 Å². The molecule has 0 saturated carbocycles. The molecule has 1 fully saturated rings. The van der Waals surface area contributed by atoms with Gasteiger partial charge in [-0.1, -0.05) is 52.7 Å². The van der Waals surface area contributed by atoms with E-state index in [9.17, 15) is 4.79 Å². The van der Waals surface area contributed by atoms with E-state index in [0.717, 1.165) is 48.0 Å². The van der Waals surface area contributed by atoms with Crippen LogP contribution in [0.4, 0.5) is 0 Å². The lowest BCUT2D eigenvalue weighted by Gasteiger charge is -2.30. The third-order valence-corrected chi connectivity index (χ3v) is 7.03. The van der Waals surface area contributed by atoms with Gasteiger partial charge < -0.3 is 9.84 Å². The first-order valence-electron chi connectivity index (χ1n) is 11.3. The van der Waals surface area contributed by atoms with Gasteiger partial charge in [0.05, 0.1) is 6.54 Å². The highest BCUT2D eigenvalue weighted by Crippen LogP contribution is 2.21. The number of carbonyl (C=O) groups is 1. The summed E-state index contributed by atoms with van der Waals surface area (Å²) < 4.78 is 5.46. The molecule has 0 radical (unpaired) electrons. The van der Waals surface area contributed by atoms with Crippen molar-refractivity contribution in [2.45, 2.75) is 32.1 Å². The van der Waals surface area contributed by atoms with Crippen LogP contribution in [0.2, 0.25) is 5.02 Å². The molecule has 1 aliphatic rings. The van der Waals surface area contributed by atoms with Crippen LogP contribution in [0.3, 0.4) is 0 Å². The molecule has 0 aliphatic carbocycles. The molecule has 3 aromatic rings. The zero-order chi connectivity index (χ0) is 23.0. The monoisotopic (exact) mass is 484 g/mol. The number of hydrogen-bond donors (Lipinski definition) is 1. The lowest BCUT2D eigenvalue weighted by molar-refractivity contribution is -0.126. The summed E-state index contributed by atoms with van der Waals surface area (Å²) in [5.74, 6) is 3.26. The molecule has 2 aromatic carbocycles. The van der Waals surface area contributed by atoms with E-state index < -0.39 is 0 Å². The molecule has 1 amide bonds. The minimum Gasteiger partial charge on any atom is -0.355 e. The summed E-state index contributed by atoms with van der Waals surface area (Å²) in [4.78, 5) is 19.4. The second-order valence-corrected chi connectivity index (χ2v) is 9.95. The number of carbonyl (C=O) groups excluding carboxylic acids is 1. The van der Waals surface area contributed by atoms with Gasteiger partial charge in [0.1, 0.15) is 0 Å². The van der Waals surface area contributed by atoms with Gasteiger partial charge in [-0.05, 0) is 56.6 Å². The number of hydrogen-bond acceptors (Lipinski definition) is 6. The maximum absolute atomic E-state index is 12.5. The molecule has 2 heterocycles. The van der Waals surface area contributed by atoms with Crippen LogP contribution in [0, 0.1) is 12.8 Å². The minimum atomic E-state index is 0.0738. The van der Waals surface area contributed by atoms with E-state index >= 15 is 0 Å². The Kier molecular flexibility index (Phi) is 8.42. The molecule has 8 heteroatoms. The third-order valence-electron chi connectivity index (χ3n) is 5.76. The number of rotatable bonds is 9. The highest BCUT2D eigenvalue weighted by molar-refractivity contribution is 7.98. The van der Waals surface area contributed by atoms with Crippen molar-refractivity contribution in [1.29, 1.82) is 0 Å². The van der Waals surface area contributed by atoms with E-state index in [0.29, 0.717) is 24.8 Å². The number of amides is 1. The summed E-state index contributed by atoms with van der Waals surface area (Å²) >= 11 is 7.82. The Bertz CT molecular complexity index is 1070. The topological polar surface area (TPSA) is 71.3 Å². The van der Waals surface area contributed by atoms with Gasteiger partial charge in [0.25, 0.3) is 0 Å². The number of benzene rings is 2. The van der Waals surface area contributed by atoms with Crippen molar-refractivity contribution in [3.05, 3.63) is 70.6 Å². The normalized spacial score (nSPS) is 15.0. The number of likely N-dealkylation sites (tertiary alicyclic amines) is 1. The molecule has 33 heavy (non-hydrogen) atoms. The predicted molar refractivity (Wildman–Crippen MR) is 133 cm³/mol. The molecule has 0 atom stereocenters. The maximum atomic E-state index is 12.5. The minimum absolute atomic E-state index is 0.0738. The van der Waals surface area contributed by atoms with E-state index in [1.807, 2.05) is 43.3 Å². The first-order valence-corrected chi connectivity index (χ1v) is 12.8. The van der Waals surface area contributed by atoms with E-state index in [2.05, 4.69) is 32.5 Å². The average molecular weight is 485 g/mol. The fourth-order valence-corrected chi connectivity index (χ4v) is 4.99. The van der Waals surface area contributed by atoms with Crippen LogP contribution in [0.5, 0.6) is 0 Å². The van der Waals surface area contributed by atoms with Gasteiger partial charge in [-0.15, -0.1) is 0 Å². The number of halogens is 1. The van der Waals surface area contributed by atoms with Gasteiger partial charge in [0.15, 0.2) is 0 Å². The molecule has 174 valence electrons. The summed E-state index contributed by atoms with van der Waals surface area (Å²) in [6, 6.07) is 16.0. The number of nitrogens with zero attached hydrogens (tertiary/aromatic N) is 3. The lowest BCUT2D eigenvalue weighted by atomic mass is 9.96.